The number of nitrogens with zero attached hydrogens (tertiary/aromatic N) is 1. The van der Waals surface area contributed by atoms with Gasteiger partial charge >= 0.3 is 0 Å². The lowest BCUT2D eigenvalue weighted by atomic mass is 10.1. The van der Waals surface area contributed by atoms with Crippen molar-refractivity contribution in [3.8, 4) is 17.2 Å². The van der Waals surface area contributed by atoms with E-state index in [0.29, 0.717) is 35.2 Å². The van der Waals surface area contributed by atoms with Gasteiger partial charge in [-0.15, -0.1) is 30.6 Å². The number of guanidine groups is 1. The zero-order valence-electron chi connectivity index (χ0n) is 16.1. The van der Waals surface area contributed by atoms with E-state index in [9.17, 15) is 0 Å². The molecular formula is C20H25ClIN3O3. The number of halogens is 2. The maximum Gasteiger partial charge on any atom is 0.193 e. The smallest absolute Gasteiger partial charge is 0.193 e. The van der Waals surface area contributed by atoms with Crippen LogP contribution in [0.2, 0.25) is 5.02 Å². The lowest BCUT2D eigenvalue weighted by molar-refractivity contribution is 0.352. The lowest BCUT2D eigenvalue weighted by Gasteiger charge is -2.14. The molecule has 0 aliphatic rings. The summed E-state index contributed by atoms with van der Waals surface area (Å²) in [7, 11) is 4.78. The molecule has 0 aliphatic carbocycles. The van der Waals surface area contributed by atoms with Crippen LogP contribution >= 0.6 is 35.6 Å². The number of allylic oxidation sites excluding steroid dienone is 1. The molecule has 0 unspecified atom stereocenters. The molecule has 0 spiro atoms. The molecule has 0 fully saturated rings. The minimum absolute atomic E-state index is 0. The number of benzene rings is 2. The van der Waals surface area contributed by atoms with E-state index in [1.807, 2.05) is 24.3 Å². The van der Waals surface area contributed by atoms with Crippen molar-refractivity contribution in [3.63, 3.8) is 0 Å². The van der Waals surface area contributed by atoms with Gasteiger partial charge in [-0.25, -0.2) is 4.99 Å². The average molecular weight is 518 g/mol. The maximum absolute atomic E-state index is 6.12. The standard InChI is InChI=1S/C20H24ClN3O3.HI/c1-5-6-14-9-13(10-18(26-3)19(14)27-4)12-23-20(22)24-15-7-8-17(25-2)16(21)11-15;/h5,7-11H,1,6,12H2,2-4H3,(H3,22,23,24);1H. The van der Waals surface area contributed by atoms with Gasteiger partial charge in [-0.05, 0) is 42.3 Å². The molecule has 0 heterocycles. The van der Waals surface area contributed by atoms with E-state index < -0.39 is 0 Å². The van der Waals surface area contributed by atoms with E-state index in [1.54, 1.807) is 33.5 Å². The summed E-state index contributed by atoms with van der Waals surface area (Å²) in [6.45, 7) is 4.17. The van der Waals surface area contributed by atoms with Crippen molar-refractivity contribution < 1.29 is 14.2 Å². The molecule has 2 aromatic carbocycles. The van der Waals surface area contributed by atoms with Gasteiger partial charge in [0.2, 0.25) is 0 Å². The fourth-order valence-electron chi connectivity index (χ4n) is 2.61. The fourth-order valence-corrected chi connectivity index (χ4v) is 2.87. The van der Waals surface area contributed by atoms with Crippen LogP contribution in [-0.2, 0) is 13.0 Å². The van der Waals surface area contributed by atoms with E-state index in [0.717, 1.165) is 16.8 Å². The first-order valence-electron chi connectivity index (χ1n) is 8.27. The van der Waals surface area contributed by atoms with E-state index in [4.69, 9.17) is 31.5 Å². The summed E-state index contributed by atoms with van der Waals surface area (Å²) in [6.07, 6.45) is 2.48. The Labute approximate surface area is 187 Å². The molecule has 2 aromatic rings. The second-order valence-corrected chi connectivity index (χ2v) is 6.07. The monoisotopic (exact) mass is 517 g/mol. The minimum atomic E-state index is 0. The summed E-state index contributed by atoms with van der Waals surface area (Å²) in [5, 5.41) is 3.50. The molecule has 0 saturated heterocycles. The highest BCUT2D eigenvalue weighted by molar-refractivity contribution is 14.0. The van der Waals surface area contributed by atoms with Gasteiger partial charge in [-0.3, -0.25) is 0 Å². The van der Waals surface area contributed by atoms with Gasteiger partial charge in [0.15, 0.2) is 17.5 Å². The molecule has 8 heteroatoms. The molecule has 0 saturated carbocycles. The number of methoxy groups -OCH3 is 3. The first-order valence-corrected chi connectivity index (χ1v) is 8.65. The van der Waals surface area contributed by atoms with Crippen LogP contribution in [0.3, 0.4) is 0 Å². The number of aliphatic imine (C=N–C) groups is 1. The summed E-state index contributed by atoms with van der Waals surface area (Å²) < 4.78 is 16.0. The predicted octanol–water partition coefficient (Wildman–Crippen LogP) is 4.64. The molecule has 0 amide bonds. The number of hydrogen-bond acceptors (Lipinski definition) is 4. The van der Waals surface area contributed by atoms with Crippen LogP contribution in [0.15, 0.2) is 48.0 Å². The second kappa shape index (κ2) is 11.7. The van der Waals surface area contributed by atoms with Gasteiger partial charge in [0.05, 0.1) is 32.9 Å². The van der Waals surface area contributed by atoms with Crippen molar-refractivity contribution in [2.24, 2.45) is 10.7 Å². The third kappa shape index (κ3) is 6.20. The van der Waals surface area contributed by atoms with Crippen molar-refractivity contribution in [1.29, 1.82) is 0 Å². The topological polar surface area (TPSA) is 78.1 Å². The van der Waals surface area contributed by atoms with E-state index >= 15 is 0 Å². The van der Waals surface area contributed by atoms with Crippen molar-refractivity contribution in [2.75, 3.05) is 26.6 Å². The van der Waals surface area contributed by atoms with Gasteiger partial charge in [0.1, 0.15) is 5.75 Å². The van der Waals surface area contributed by atoms with Gasteiger partial charge in [0.25, 0.3) is 0 Å². The largest absolute Gasteiger partial charge is 0.495 e. The Balaban J connectivity index is 0.00000392. The SMILES string of the molecule is C=CCc1cc(CN=C(N)Nc2ccc(OC)c(Cl)c2)cc(OC)c1OC.I. The first-order chi connectivity index (χ1) is 13.0. The van der Waals surface area contributed by atoms with Crippen LogP contribution in [0.5, 0.6) is 17.2 Å². The Bertz CT molecular complexity index is 844. The van der Waals surface area contributed by atoms with E-state index in [2.05, 4.69) is 16.9 Å². The van der Waals surface area contributed by atoms with Crippen molar-refractivity contribution in [3.05, 3.63) is 59.1 Å². The third-order valence-corrected chi connectivity index (χ3v) is 4.13. The molecule has 6 nitrogen and oxygen atoms in total. The first kappa shape index (κ1) is 23.9. The van der Waals surface area contributed by atoms with Crippen LogP contribution in [-0.4, -0.2) is 27.3 Å². The summed E-state index contributed by atoms with van der Waals surface area (Å²) in [5.74, 6) is 2.22. The lowest BCUT2D eigenvalue weighted by Crippen LogP contribution is -2.22. The van der Waals surface area contributed by atoms with Crippen molar-refractivity contribution >= 4 is 47.2 Å². The molecule has 3 N–H and O–H groups in total. The molecule has 0 aromatic heterocycles. The summed E-state index contributed by atoms with van der Waals surface area (Å²) >= 11 is 6.12. The molecule has 28 heavy (non-hydrogen) atoms. The number of nitrogens with two attached hydrogens (primary N) is 1. The number of ether oxygens (including phenoxy) is 3. The Hall–Kier alpha value is -2.13. The number of hydrogen-bond donors (Lipinski definition) is 2. The molecule has 0 atom stereocenters. The van der Waals surface area contributed by atoms with Crippen LogP contribution in [0.25, 0.3) is 0 Å². The average Bonchev–Trinajstić information content (AvgIpc) is 2.66. The summed E-state index contributed by atoms with van der Waals surface area (Å²) in [5.41, 5.74) is 8.64. The van der Waals surface area contributed by atoms with Crippen LogP contribution in [0, 0.1) is 0 Å². The molecule has 0 bridgehead atoms. The molecule has 152 valence electrons. The zero-order valence-corrected chi connectivity index (χ0v) is 19.2. The quantitative estimate of drug-likeness (QED) is 0.231. The van der Waals surface area contributed by atoms with Gasteiger partial charge in [-0.2, -0.15) is 0 Å². The minimum Gasteiger partial charge on any atom is -0.495 e. The number of rotatable bonds is 8. The Morgan fingerprint density at radius 2 is 1.86 bits per heavy atom. The van der Waals surface area contributed by atoms with Gasteiger partial charge in [0, 0.05) is 11.3 Å². The molecule has 0 aliphatic heterocycles. The van der Waals surface area contributed by atoms with Gasteiger partial charge in [-0.1, -0.05) is 17.7 Å². The highest BCUT2D eigenvalue weighted by Crippen LogP contribution is 2.33. The molecular weight excluding hydrogens is 493 g/mol. The Morgan fingerprint density at radius 1 is 1.14 bits per heavy atom. The third-order valence-electron chi connectivity index (χ3n) is 3.84. The second-order valence-electron chi connectivity index (χ2n) is 5.66. The van der Waals surface area contributed by atoms with Crippen molar-refractivity contribution in [1.82, 2.24) is 0 Å². The summed E-state index contributed by atoms with van der Waals surface area (Å²) in [6, 6.07) is 9.18. The maximum atomic E-state index is 6.12. The summed E-state index contributed by atoms with van der Waals surface area (Å²) in [4.78, 5) is 4.38. The fraction of sp³-hybridized carbons (Fsp3) is 0.250. The normalized spacial score (nSPS) is 10.6. The number of anilines is 1. The van der Waals surface area contributed by atoms with E-state index in [1.165, 1.54) is 0 Å². The van der Waals surface area contributed by atoms with Gasteiger partial charge < -0.3 is 25.3 Å². The number of nitrogens with one attached hydrogen (secondary N) is 1. The van der Waals surface area contributed by atoms with E-state index in [-0.39, 0.29) is 29.9 Å². The Morgan fingerprint density at radius 3 is 2.43 bits per heavy atom. The van der Waals surface area contributed by atoms with Crippen molar-refractivity contribution in [2.45, 2.75) is 13.0 Å². The van der Waals surface area contributed by atoms with Crippen LogP contribution in [0.1, 0.15) is 11.1 Å². The zero-order chi connectivity index (χ0) is 19.8. The molecule has 2 rings (SSSR count). The molecule has 0 radical (unpaired) electrons. The predicted molar refractivity (Wildman–Crippen MR) is 126 cm³/mol. The van der Waals surface area contributed by atoms with Crippen LogP contribution in [0.4, 0.5) is 5.69 Å². The highest BCUT2D eigenvalue weighted by atomic mass is 127. The highest BCUT2D eigenvalue weighted by Gasteiger charge is 2.11. The Kier molecular flexibility index (Phi) is 9.95. The van der Waals surface area contributed by atoms with Crippen LogP contribution < -0.4 is 25.3 Å².